The molecule has 6 rings (SSSR count). The third-order valence-corrected chi connectivity index (χ3v) is 14.2. The number of ketones is 2. The Morgan fingerprint density at radius 1 is 1.10 bits per heavy atom. The van der Waals surface area contributed by atoms with E-state index in [0.29, 0.717) is 39.9 Å². The number of aliphatic carboxylic acids is 1. The zero-order valence-electron chi connectivity index (χ0n) is 28.2. The van der Waals surface area contributed by atoms with Crippen molar-refractivity contribution in [2.45, 2.75) is 76.3 Å². The molecule has 0 aromatic heterocycles. The molecule has 2 aromatic rings. The Bertz CT molecular complexity index is 1800. The van der Waals surface area contributed by atoms with Gasteiger partial charge in [-0.25, -0.2) is 4.39 Å². The number of aromatic hydroxyl groups is 1. The van der Waals surface area contributed by atoms with E-state index in [0.717, 1.165) is 12.7 Å². The van der Waals surface area contributed by atoms with Crippen LogP contribution in [0.5, 0.6) is 17.2 Å². The fourth-order valence-corrected chi connectivity index (χ4v) is 11.7. The van der Waals surface area contributed by atoms with E-state index >= 15 is 4.39 Å². The number of rotatable bonds is 7. The van der Waals surface area contributed by atoms with Crippen LogP contribution in [0.4, 0.5) is 4.39 Å². The van der Waals surface area contributed by atoms with Crippen LogP contribution in [-0.4, -0.2) is 73.1 Å². The van der Waals surface area contributed by atoms with Crippen molar-refractivity contribution in [3.8, 4) is 17.2 Å². The molecular formula is C37H41FI3NO9. The number of aliphatic hydroxyl groups is 3. The van der Waals surface area contributed by atoms with Crippen molar-refractivity contribution in [2.75, 3.05) is 6.61 Å². The third-order valence-electron chi connectivity index (χ3n) is 11.8. The fraction of sp³-hybridized carbons (Fsp3) is 0.486. The van der Waals surface area contributed by atoms with Gasteiger partial charge in [0.1, 0.15) is 29.7 Å². The Morgan fingerprint density at radius 3 is 2.33 bits per heavy atom. The predicted octanol–water partition coefficient (Wildman–Crippen LogP) is 5.85. The molecule has 276 valence electrons. The minimum atomic E-state index is -1.98. The maximum absolute atomic E-state index is 16.9. The van der Waals surface area contributed by atoms with Gasteiger partial charge in [-0.15, -0.1) is 0 Å². The minimum absolute atomic E-state index is 0.0676. The van der Waals surface area contributed by atoms with Gasteiger partial charge in [-0.2, -0.15) is 0 Å². The number of carbonyl (C=O) groups is 3. The normalized spacial score (nSPS) is 34.3. The lowest BCUT2D eigenvalue weighted by atomic mass is 9.44. The Kier molecular flexibility index (Phi) is 11.8. The molecular weight excluding hydrogens is 1000 g/mol. The molecule has 0 unspecified atom stereocenters. The number of carboxylic acid groups (broad SMARTS) is 1. The number of fused-ring (bicyclic) bond motifs is 5. The zero-order valence-corrected chi connectivity index (χ0v) is 34.7. The molecule has 10 nitrogen and oxygen atoms in total. The topological polar surface area (TPSA) is 188 Å². The molecule has 4 aliphatic carbocycles. The molecule has 7 N–H and O–H groups in total. The highest BCUT2D eigenvalue weighted by molar-refractivity contribution is 14.1. The van der Waals surface area contributed by atoms with E-state index in [4.69, 9.17) is 15.6 Å². The molecule has 0 amide bonds. The molecule has 3 saturated carbocycles. The minimum Gasteiger partial charge on any atom is -0.507 e. The van der Waals surface area contributed by atoms with Gasteiger partial charge in [0.2, 0.25) is 0 Å². The summed E-state index contributed by atoms with van der Waals surface area (Å²) in [5, 5.41) is 50.4. The molecule has 0 spiro atoms. The van der Waals surface area contributed by atoms with Crippen LogP contribution in [-0.2, 0) is 20.8 Å². The molecule has 4 aliphatic rings. The van der Waals surface area contributed by atoms with E-state index in [-0.39, 0.29) is 30.3 Å². The zero-order chi connectivity index (χ0) is 37.8. The monoisotopic (exact) mass is 1040 g/mol. The number of hydrogen-bond acceptors (Lipinski definition) is 9. The number of Topliss-reactive ketones (excluding diaryl/α,β-unsaturated/α-hetero) is 1. The van der Waals surface area contributed by atoms with Crippen molar-refractivity contribution in [1.82, 2.24) is 0 Å². The predicted molar refractivity (Wildman–Crippen MR) is 212 cm³/mol. The summed E-state index contributed by atoms with van der Waals surface area (Å²) in [5.41, 5.74) is 1.26. The average molecular weight is 1040 g/mol. The van der Waals surface area contributed by atoms with Crippen LogP contribution in [0.2, 0.25) is 0 Å². The Morgan fingerprint density at radius 2 is 1.75 bits per heavy atom. The second-order valence-corrected chi connectivity index (χ2v) is 18.0. The number of phenolic OH excluding ortho intramolecular Hbond substituents is 1. The molecule has 51 heavy (non-hydrogen) atoms. The maximum atomic E-state index is 16.9. The number of phenols is 1. The van der Waals surface area contributed by atoms with Gasteiger partial charge < -0.3 is 36.0 Å². The average Bonchev–Trinajstić information content (AvgIpc) is 3.26. The lowest BCUT2D eigenvalue weighted by Crippen LogP contribution is -2.69. The summed E-state index contributed by atoms with van der Waals surface area (Å²) in [6.07, 6.45) is 4.70. The summed E-state index contributed by atoms with van der Waals surface area (Å²) in [4.78, 5) is 35.2. The van der Waals surface area contributed by atoms with Gasteiger partial charge in [0.05, 0.1) is 16.8 Å². The number of carbonyl (C=O) groups excluding carboxylic acids is 2. The summed E-state index contributed by atoms with van der Waals surface area (Å²) in [5.74, 6) is -1.61. The van der Waals surface area contributed by atoms with Gasteiger partial charge in [0, 0.05) is 16.7 Å². The lowest BCUT2D eigenvalue weighted by molar-refractivity contribution is -0.219. The molecule has 0 radical (unpaired) electrons. The van der Waals surface area contributed by atoms with Gasteiger partial charge in [-0.3, -0.25) is 14.4 Å². The summed E-state index contributed by atoms with van der Waals surface area (Å²) in [6.45, 7) is 4.48. The summed E-state index contributed by atoms with van der Waals surface area (Å²) >= 11 is 6.33. The SMILES string of the molecule is C[C@@H]1C[C@H]2[C@@H]3CCC4=CC(=O)C=C[C@]4(C)[C@@]3(F)[C@@H](O)C[C@]2(C)[C@@]1(O)C(=O)CO.N[C@@H](Cc1cc(I)c(Oc2ccc(O)c(I)c2)c(I)c1)C(=O)O. The molecule has 9 atom stereocenters. The molecule has 2 aromatic carbocycles. The maximum Gasteiger partial charge on any atom is 0.320 e. The summed E-state index contributed by atoms with van der Waals surface area (Å²) < 4.78 is 25.2. The third kappa shape index (κ3) is 6.81. The molecule has 3 fully saturated rings. The van der Waals surface area contributed by atoms with Gasteiger partial charge in [-0.05, 0) is 167 Å². The van der Waals surface area contributed by atoms with Crippen LogP contribution >= 0.6 is 67.8 Å². The molecule has 14 heteroatoms. The number of hydrogen-bond donors (Lipinski definition) is 6. The second kappa shape index (κ2) is 14.8. The number of allylic oxidation sites excluding steroid dienone is 4. The smallest absolute Gasteiger partial charge is 0.320 e. The van der Waals surface area contributed by atoms with Crippen molar-refractivity contribution < 1.29 is 49.0 Å². The molecule has 0 heterocycles. The van der Waals surface area contributed by atoms with Crippen molar-refractivity contribution in [3.63, 3.8) is 0 Å². The largest absolute Gasteiger partial charge is 0.507 e. The second-order valence-electron chi connectivity index (χ2n) is 14.5. The Hall–Kier alpha value is -1.71. The van der Waals surface area contributed by atoms with Crippen LogP contribution in [0, 0.1) is 39.3 Å². The number of halogens is 4. The molecule has 0 bridgehead atoms. The highest BCUT2D eigenvalue weighted by atomic mass is 127. The van der Waals surface area contributed by atoms with Crippen LogP contribution in [0.1, 0.15) is 52.0 Å². The van der Waals surface area contributed by atoms with Gasteiger partial charge in [0.25, 0.3) is 0 Å². The van der Waals surface area contributed by atoms with E-state index in [1.54, 1.807) is 45.0 Å². The number of aliphatic hydroxyl groups excluding tert-OH is 2. The number of alkyl halides is 1. The van der Waals surface area contributed by atoms with Crippen LogP contribution in [0.3, 0.4) is 0 Å². The quantitative estimate of drug-likeness (QED) is 0.184. The van der Waals surface area contributed by atoms with Crippen molar-refractivity contribution >= 4 is 85.3 Å². The van der Waals surface area contributed by atoms with Gasteiger partial charge in [0.15, 0.2) is 23.0 Å². The first-order valence-corrected chi connectivity index (χ1v) is 19.8. The Labute approximate surface area is 336 Å². The molecule has 0 aliphatic heterocycles. The number of benzene rings is 2. The van der Waals surface area contributed by atoms with Gasteiger partial charge >= 0.3 is 5.97 Å². The molecule has 0 saturated heterocycles. The van der Waals surface area contributed by atoms with E-state index < -0.39 is 64.4 Å². The van der Waals surface area contributed by atoms with Crippen molar-refractivity contribution in [2.24, 2.45) is 34.3 Å². The standard InChI is InChI=1S/C22H29FO5.C15H12I3NO4/c1-12-8-16-15-5-4-13-9-14(25)6-7-19(13,2)21(15,23)17(26)10-20(16,3)22(12,28)18(27)11-24;16-9-6-8(1-2-13(9)20)23-14-10(17)3-7(4-11(14)18)5-12(19)15(21)22/h6-7,9,12,15-17,24,26,28H,4-5,8,10-11H2,1-3H3;1-4,6,12,20H,5,19H2,(H,21,22)/t12-,15+,16+,17+,19+,20+,21+,22+;12-/m10/s1. The number of nitrogens with two attached hydrogens (primary N) is 1. The Balaban J connectivity index is 0.000000202. The summed E-state index contributed by atoms with van der Waals surface area (Å²) in [6, 6.07) is 7.83. The first-order valence-electron chi connectivity index (χ1n) is 16.5. The van der Waals surface area contributed by atoms with Gasteiger partial charge in [-0.1, -0.05) is 25.5 Å². The van der Waals surface area contributed by atoms with E-state index in [1.165, 1.54) is 12.2 Å². The van der Waals surface area contributed by atoms with Crippen LogP contribution in [0.15, 0.2) is 54.1 Å². The highest BCUT2D eigenvalue weighted by Gasteiger charge is 2.75. The van der Waals surface area contributed by atoms with E-state index in [1.807, 2.05) is 34.7 Å². The fourth-order valence-electron chi connectivity index (χ4n) is 9.10. The van der Waals surface area contributed by atoms with Crippen molar-refractivity contribution in [3.05, 3.63) is 70.4 Å². The number of ether oxygens (including phenoxy) is 1. The summed E-state index contributed by atoms with van der Waals surface area (Å²) in [7, 11) is 0. The first-order chi connectivity index (χ1) is 23.7. The van der Waals surface area contributed by atoms with Crippen molar-refractivity contribution in [1.29, 1.82) is 0 Å². The van der Waals surface area contributed by atoms with Crippen LogP contribution in [0.25, 0.3) is 0 Å². The van der Waals surface area contributed by atoms with Crippen LogP contribution < -0.4 is 10.5 Å². The first kappa shape index (κ1) is 40.5. The van der Waals surface area contributed by atoms with E-state index in [9.17, 15) is 34.8 Å². The van der Waals surface area contributed by atoms with E-state index in [2.05, 4.69) is 45.2 Å². The number of carboxylic acids is 1. The highest BCUT2D eigenvalue weighted by Crippen LogP contribution is 2.70. The lowest BCUT2D eigenvalue weighted by Gasteiger charge is -2.62.